The number of methoxy groups -OCH3 is 1. The molecule has 248 valence electrons. The number of aromatic nitrogens is 1. The van der Waals surface area contributed by atoms with Gasteiger partial charge in [0.1, 0.15) is 11.6 Å². The Balaban J connectivity index is 1.55. The molecule has 1 atom stereocenters. The van der Waals surface area contributed by atoms with Gasteiger partial charge in [0.25, 0.3) is 0 Å². The van der Waals surface area contributed by atoms with Crippen LogP contribution in [-0.2, 0) is 29.0 Å². The van der Waals surface area contributed by atoms with Gasteiger partial charge in [-0.3, -0.25) is 9.88 Å². The number of aryl methyl sites for hydroxylation is 2. The van der Waals surface area contributed by atoms with E-state index in [1.165, 1.54) is 24.3 Å². The van der Waals surface area contributed by atoms with Crippen LogP contribution in [0, 0.1) is 25.1 Å². The van der Waals surface area contributed by atoms with E-state index in [0.29, 0.717) is 35.7 Å². The Morgan fingerprint density at radius 3 is 2.41 bits per heavy atom. The summed E-state index contributed by atoms with van der Waals surface area (Å²) in [6.45, 7) is 17.7. The molecule has 0 unspecified atom stereocenters. The lowest BCUT2D eigenvalue weighted by molar-refractivity contribution is -0.160. The molecule has 5 rings (SSSR count). The number of hydrogen-bond donors (Lipinski definition) is 1. The molecule has 3 aromatic rings. The molecular weight excluding hydrogens is 605 g/mol. The van der Waals surface area contributed by atoms with Gasteiger partial charge in [-0.05, 0) is 88.1 Å². The first-order chi connectivity index (χ1) is 21.6. The first kappa shape index (κ1) is 34.1. The highest BCUT2D eigenvalue weighted by molar-refractivity contribution is 6.32. The molecule has 2 aromatic carbocycles. The van der Waals surface area contributed by atoms with Crippen LogP contribution in [0.4, 0.5) is 10.1 Å². The number of benzene rings is 2. The Morgan fingerprint density at radius 2 is 1.78 bits per heavy atom. The summed E-state index contributed by atoms with van der Waals surface area (Å²) in [6.07, 6.45) is 1.66. The maximum absolute atomic E-state index is 14.8. The van der Waals surface area contributed by atoms with Crippen LogP contribution >= 0.6 is 11.6 Å². The van der Waals surface area contributed by atoms with E-state index in [4.69, 9.17) is 26.1 Å². The van der Waals surface area contributed by atoms with Crippen molar-refractivity contribution in [2.24, 2.45) is 5.41 Å². The van der Waals surface area contributed by atoms with Crippen LogP contribution in [0.3, 0.4) is 0 Å². The number of halogens is 2. The molecule has 46 heavy (non-hydrogen) atoms. The first-order valence-corrected chi connectivity index (χ1v) is 16.5. The molecule has 9 heteroatoms. The monoisotopic (exact) mass is 651 g/mol. The van der Waals surface area contributed by atoms with Gasteiger partial charge in [-0.25, -0.2) is 9.18 Å². The SMILES string of the molecule is COc1cc(CN2CCc3cc(-c4c(C)nc(C)c([C@H](OC(C)(C)C)C(=O)O)c4N4CCC(C)(C)CC4)ccc3C2)c(F)cc1Cl. The second-order valence-corrected chi connectivity index (χ2v) is 14.9. The van der Waals surface area contributed by atoms with Crippen LogP contribution in [-0.4, -0.2) is 53.3 Å². The molecule has 0 saturated carbocycles. The molecule has 3 heterocycles. The van der Waals surface area contributed by atoms with Gasteiger partial charge in [0, 0.05) is 60.8 Å². The van der Waals surface area contributed by atoms with Gasteiger partial charge in [-0.1, -0.05) is 43.6 Å². The second kappa shape index (κ2) is 13.1. The zero-order chi connectivity index (χ0) is 33.6. The van der Waals surface area contributed by atoms with Gasteiger partial charge in [0.05, 0.1) is 23.4 Å². The number of aliphatic carboxylic acids is 1. The molecular formula is C37H47ClFN3O4. The third kappa shape index (κ3) is 7.35. The minimum absolute atomic E-state index is 0.222. The number of rotatable bonds is 8. The summed E-state index contributed by atoms with van der Waals surface area (Å²) in [7, 11) is 1.53. The predicted molar refractivity (Wildman–Crippen MR) is 181 cm³/mol. The second-order valence-electron chi connectivity index (χ2n) is 14.5. The molecule has 1 aromatic heterocycles. The maximum Gasteiger partial charge on any atom is 0.337 e. The summed E-state index contributed by atoms with van der Waals surface area (Å²) >= 11 is 6.12. The number of nitrogens with zero attached hydrogens (tertiary/aromatic N) is 3. The highest BCUT2D eigenvalue weighted by atomic mass is 35.5. The summed E-state index contributed by atoms with van der Waals surface area (Å²) in [6, 6.07) is 9.50. The van der Waals surface area contributed by atoms with Crippen LogP contribution in [0.25, 0.3) is 11.1 Å². The number of piperidine rings is 1. The van der Waals surface area contributed by atoms with Gasteiger partial charge < -0.3 is 19.5 Å². The number of carbonyl (C=O) groups is 1. The van der Waals surface area contributed by atoms with Crippen molar-refractivity contribution in [2.75, 3.05) is 31.6 Å². The maximum atomic E-state index is 14.8. The van der Waals surface area contributed by atoms with Crippen molar-refractivity contribution in [1.29, 1.82) is 0 Å². The Labute approximate surface area is 277 Å². The molecule has 1 N–H and O–H groups in total. The fourth-order valence-electron chi connectivity index (χ4n) is 6.75. The number of hydrogen-bond acceptors (Lipinski definition) is 6. The smallest absolute Gasteiger partial charge is 0.337 e. The van der Waals surface area contributed by atoms with Crippen molar-refractivity contribution >= 4 is 23.3 Å². The lowest BCUT2D eigenvalue weighted by Gasteiger charge is -2.41. The molecule has 1 fully saturated rings. The van der Waals surface area contributed by atoms with E-state index in [1.54, 1.807) is 6.07 Å². The van der Waals surface area contributed by atoms with Crippen molar-refractivity contribution in [3.63, 3.8) is 0 Å². The summed E-state index contributed by atoms with van der Waals surface area (Å²) in [5.41, 5.74) is 7.60. The minimum atomic E-state index is -1.16. The Bertz CT molecular complexity index is 1620. The zero-order valence-corrected chi connectivity index (χ0v) is 29.1. The van der Waals surface area contributed by atoms with Gasteiger partial charge in [-0.15, -0.1) is 0 Å². The van der Waals surface area contributed by atoms with E-state index < -0.39 is 17.7 Å². The Hall–Kier alpha value is -3.20. The third-order valence-corrected chi connectivity index (χ3v) is 9.57. The zero-order valence-electron chi connectivity index (χ0n) is 28.4. The quantitative estimate of drug-likeness (QED) is 0.263. The summed E-state index contributed by atoms with van der Waals surface area (Å²) < 4.78 is 26.3. The van der Waals surface area contributed by atoms with Gasteiger partial charge in [-0.2, -0.15) is 0 Å². The standard InChI is InChI=1S/C37H47ClFN3O4/c1-22-31(25-9-10-26-20-41(14-11-24(26)17-25)21-27-18-30(45-8)28(38)19-29(27)39)33(42-15-12-37(6,7)13-16-42)32(23(2)40-22)34(35(43)44)46-36(3,4)5/h9-10,17-19,34H,11-16,20-21H2,1-8H3,(H,43,44)/t34-/m0/s1. The number of ether oxygens (including phenoxy) is 2. The van der Waals surface area contributed by atoms with Crippen LogP contribution in [0.5, 0.6) is 5.75 Å². The predicted octanol–water partition coefficient (Wildman–Crippen LogP) is 8.29. The average Bonchev–Trinajstić information content (AvgIpc) is 2.96. The normalized spacial score (nSPS) is 17.5. The highest BCUT2D eigenvalue weighted by Gasteiger charge is 2.36. The van der Waals surface area contributed by atoms with Crippen molar-refractivity contribution in [2.45, 2.75) is 92.5 Å². The number of carboxylic acids is 1. The topological polar surface area (TPSA) is 75.1 Å². The van der Waals surface area contributed by atoms with Crippen LogP contribution in [0.2, 0.25) is 5.02 Å². The lowest BCUT2D eigenvalue weighted by atomic mass is 9.81. The van der Waals surface area contributed by atoms with E-state index in [9.17, 15) is 14.3 Å². The number of anilines is 1. The lowest BCUT2D eigenvalue weighted by Crippen LogP contribution is -2.39. The molecule has 0 radical (unpaired) electrons. The van der Waals surface area contributed by atoms with E-state index in [1.807, 2.05) is 34.6 Å². The van der Waals surface area contributed by atoms with Crippen molar-refractivity contribution in [3.05, 3.63) is 74.8 Å². The molecule has 1 saturated heterocycles. The summed E-state index contributed by atoms with van der Waals surface area (Å²) in [4.78, 5) is 22.3. The number of fused-ring (bicyclic) bond motifs is 1. The van der Waals surface area contributed by atoms with E-state index in [-0.39, 0.29) is 16.3 Å². The molecule has 0 spiro atoms. The molecule has 0 aliphatic carbocycles. The number of carboxylic acid groups (broad SMARTS) is 1. The Kier molecular flexibility index (Phi) is 9.74. The fraction of sp³-hybridized carbons (Fsp3) is 0.514. The van der Waals surface area contributed by atoms with Crippen LogP contribution in [0.15, 0.2) is 30.3 Å². The van der Waals surface area contributed by atoms with Crippen molar-refractivity contribution in [1.82, 2.24) is 9.88 Å². The summed E-state index contributed by atoms with van der Waals surface area (Å²) in [5.74, 6) is -0.894. The highest BCUT2D eigenvalue weighted by Crippen LogP contribution is 2.45. The van der Waals surface area contributed by atoms with E-state index in [2.05, 4.69) is 41.8 Å². The molecule has 0 amide bonds. The largest absolute Gasteiger partial charge is 0.495 e. The van der Waals surface area contributed by atoms with E-state index in [0.717, 1.165) is 61.4 Å². The Morgan fingerprint density at radius 1 is 1.09 bits per heavy atom. The van der Waals surface area contributed by atoms with Crippen LogP contribution in [0.1, 0.15) is 87.2 Å². The van der Waals surface area contributed by atoms with Gasteiger partial charge in [0.15, 0.2) is 6.10 Å². The van der Waals surface area contributed by atoms with Crippen molar-refractivity contribution < 1.29 is 23.8 Å². The number of pyridine rings is 1. The van der Waals surface area contributed by atoms with Gasteiger partial charge >= 0.3 is 5.97 Å². The average molecular weight is 652 g/mol. The fourth-order valence-corrected chi connectivity index (χ4v) is 6.97. The van der Waals surface area contributed by atoms with E-state index >= 15 is 0 Å². The van der Waals surface area contributed by atoms with Gasteiger partial charge in [0.2, 0.25) is 0 Å². The molecule has 0 bridgehead atoms. The molecule has 2 aliphatic heterocycles. The third-order valence-electron chi connectivity index (χ3n) is 9.27. The first-order valence-electron chi connectivity index (χ1n) is 16.1. The summed E-state index contributed by atoms with van der Waals surface area (Å²) in [5, 5.41) is 10.7. The molecule has 7 nitrogen and oxygen atoms in total. The van der Waals surface area contributed by atoms with Crippen molar-refractivity contribution in [3.8, 4) is 16.9 Å². The van der Waals surface area contributed by atoms with Crippen LogP contribution < -0.4 is 9.64 Å². The minimum Gasteiger partial charge on any atom is -0.495 e. The molecule has 2 aliphatic rings.